The number of rotatable bonds is 6. The molecule has 0 saturated carbocycles. The van der Waals surface area contributed by atoms with E-state index < -0.39 is 11.9 Å². The summed E-state index contributed by atoms with van der Waals surface area (Å²) >= 11 is 0. The predicted octanol–water partition coefficient (Wildman–Crippen LogP) is 6.62. The number of benzene rings is 2. The standard InChI is InChI=1S/C29H27F3N6O2/c1-17(2)22-14-21(33-3)15-23-25(22)40-27(36-23)20-6-4-19(5-7-20)26(39)35-16-18-9-12-38(13-10-18)28-34-11-8-24(37-28)29(30,31)32/h4-8,11,14-15,17-18H,9-10,12-13,16H2,1-2H3,(H,35,39). The van der Waals surface area contributed by atoms with E-state index in [2.05, 4.69) is 25.1 Å². The SMILES string of the molecule is [C-]#[N+]c1cc(C(C)C)c2oc(-c3ccc(C(=O)NCC4CCN(c5nccc(C(F)(F)F)n5)CC4)cc3)nc2c1. The summed E-state index contributed by atoms with van der Waals surface area (Å²) in [5.74, 6) is 0.639. The summed E-state index contributed by atoms with van der Waals surface area (Å²) in [5.41, 5.74) is 2.97. The highest BCUT2D eigenvalue weighted by Gasteiger charge is 2.33. The minimum Gasteiger partial charge on any atom is -0.436 e. The van der Waals surface area contributed by atoms with E-state index in [1.165, 1.54) is 0 Å². The van der Waals surface area contributed by atoms with Crippen LogP contribution in [0.3, 0.4) is 0 Å². The van der Waals surface area contributed by atoms with E-state index in [9.17, 15) is 18.0 Å². The van der Waals surface area contributed by atoms with Gasteiger partial charge in [0.1, 0.15) is 5.69 Å². The van der Waals surface area contributed by atoms with Crippen LogP contribution in [0.4, 0.5) is 24.8 Å². The third kappa shape index (κ3) is 5.76. The quantitative estimate of drug-likeness (QED) is 0.272. The number of halogens is 3. The molecule has 0 spiro atoms. The van der Waals surface area contributed by atoms with Gasteiger partial charge < -0.3 is 14.6 Å². The van der Waals surface area contributed by atoms with Gasteiger partial charge in [-0.2, -0.15) is 13.2 Å². The van der Waals surface area contributed by atoms with Gasteiger partial charge in [-0.1, -0.05) is 13.8 Å². The number of hydrogen-bond acceptors (Lipinski definition) is 6. The Bertz CT molecular complexity index is 1570. The number of nitrogens with one attached hydrogen (secondary N) is 1. The van der Waals surface area contributed by atoms with Gasteiger partial charge in [0.25, 0.3) is 5.91 Å². The van der Waals surface area contributed by atoms with Gasteiger partial charge in [-0.3, -0.25) is 4.79 Å². The number of carbonyl (C=O) groups excluding carboxylic acids is 1. The number of amides is 1. The van der Waals surface area contributed by atoms with Crippen LogP contribution in [0.25, 0.3) is 27.4 Å². The third-order valence-corrected chi connectivity index (χ3v) is 7.03. The second-order valence-corrected chi connectivity index (χ2v) is 10.1. The monoisotopic (exact) mass is 548 g/mol. The van der Waals surface area contributed by atoms with Crippen LogP contribution in [0.5, 0.6) is 0 Å². The lowest BCUT2D eigenvalue weighted by molar-refractivity contribution is -0.141. The number of oxazole rings is 1. The summed E-state index contributed by atoms with van der Waals surface area (Å²) in [6.07, 6.45) is -1.99. The van der Waals surface area contributed by atoms with Crippen molar-refractivity contribution in [1.82, 2.24) is 20.3 Å². The predicted molar refractivity (Wildman–Crippen MR) is 144 cm³/mol. The van der Waals surface area contributed by atoms with E-state index in [1.54, 1.807) is 35.2 Å². The Balaban J connectivity index is 1.18. The van der Waals surface area contributed by atoms with Crippen molar-refractivity contribution < 1.29 is 22.4 Å². The Morgan fingerprint density at radius 1 is 1.15 bits per heavy atom. The minimum absolute atomic E-state index is 0.0728. The van der Waals surface area contributed by atoms with Crippen LogP contribution >= 0.6 is 0 Å². The Morgan fingerprint density at radius 2 is 1.88 bits per heavy atom. The molecule has 0 aliphatic carbocycles. The van der Waals surface area contributed by atoms with Crippen LogP contribution < -0.4 is 10.2 Å². The van der Waals surface area contributed by atoms with E-state index in [0.29, 0.717) is 60.7 Å². The molecule has 1 aliphatic heterocycles. The zero-order chi connectivity index (χ0) is 28.4. The van der Waals surface area contributed by atoms with Crippen molar-refractivity contribution in [2.45, 2.75) is 38.8 Å². The first-order valence-corrected chi connectivity index (χ1v) is 13.0. The molecule has 1 amide bonds. The summed E-state index contributed by atoms with van der Waals surface area (Å²) in [4.78, 5) is 30.3. The van der Waals surface area contributed by atoms with Gasteiger partial charge in [-0.15, -0.1) is 0 Å². The summed E-state index contributed by atoms with van der Waals surface area (Å²) in [5, 5.41) is 2.96. The van der Waals surface area contributed by atoms with Crippen molar-refractivity contribution in [2.75, 3.05) is 24.5 Å². The Hall–Kier alpha value is -4.46. The fourth-order valence-electron chi connectivity index (χ4n) is 4.76. The Kier molecular flexibility index (Phi) is 7.43. The molecule has 40 heavy (non-hydrogen) atoms. The maximum Gasteiger partial charge on any atom is 0.433 e. The third-order valence-electron chi connectivity index (χ3n) is 7.03. The van der Waals surface area contributed by atoms with E-state index in [0.717, 1.165) is 23.4 Å². The molecule has 4 aromatic rings. The summed E-state index contributed by atoms with van der Waals surface area (Å²) in [6, 6.07) is 11.4. The molecule has 0 bridgehead atoms. The molecule has 206 valence electrons. The average Bonchev–Trinajstić information content (AvgIpc) is 3.39. The highest BCUT2D eigenvalue weighted by molar-refractivity contribution is 5.94. The number of fused-ring (bicyclic) bond motifs is 1. The van der Waals surface area contributed by atoms with Crippen molar-refractivity contribution >= 4 is 28.6 Å². The number of carbonyl (C=O) groups is 1. The Labute approximate surface area is 229 Å². The number of piperidine rings is 1. The van der Waals surface area contributed by atoms with Gasteiger partial charge in [0.2, 0.25) is 11.8 Å². The van der Waals surface area contributed by atoms with Crippen molar-refractivity contribution in [3.05, 3.63) is 76.9 Å². The molecule has 2 aromatic heterocycles. The summed E-state index contributed by atoms with van der Waals surface area (Å²) in [6.45, 7) is 12.9. The Morgan fingerprint density at radius 3 is 2.52 bits per heavy atom. The molecule has 3 heterocycles. The van der Waals surface area contributed by atoms with Gasteiger partial charge in [-0.25, -0.2) is 19.8 Å². The van der Waals surface area contributed by atoms with Gasteiger partial charge in [0.15, 0.2) is 11.3 Å². The van der Waals surface area contributed by atoms with Gasteiger partial charge in [0.05, 0.1) is 12.1 Å². The fraction of sp³-hybridized carbons (Fsp3) is 0.345. The lowest BCUT2D eigenvalue weighted by Gasteiger charge is -2.32. The minimum atomic E-state index is -4.51. The van der Waals surface area contributed by atoms with Crippen LogP contribution in [0, 0.1) is 12.5 Å². The van der Waals surface area contributed by atoms with Crippen LogP contribution in [-0.2, 0) is 6.18 Å². The van der Waals surface area contributed by atoms with Crippen molar-refractivity contribution in [3.63, 3.8) is 0 Å². The zero-order valence-electron chi connectivity index (χ0n) is 22.0. The maximum atomic E-state index is 13.0. The molecule has 1 N–H and O–H groups in total. The molecule has 1 aliphatic rings. The van der Waals surface area contributed by atoms with E-state index in [1.807, 2.05) is 19.9 Å². The smallest absolute Gasteiger partial charge is 0.433 e. The molecule has 0 atom stereocenters. The van der Waals surface area contributed by atoms with E-state index in [-0.39, 0.29) is 23.7 Å². The highest BCUT2D eigenvalue weighted by Crippen LogP contribution is 2.34. The summed E-state index contributed by atoms with van der Waals surface area (Å²) < 4.78 is 45.0. The van der Waals surface area contributed by atoms with Crippen molar-refractivity contribution in [1.29, 1.82) is 0 Å². The molecule has 2 aromatic carbocycles. The molecular formula is C29H27F3N6O2. The fourth-order valence-corrected chi connectivity index (χ4v) is 4.76. The zero-order valence-corrected chi connectivity index (χ0v) is 22.0. The molecule has 5 rings (SSSR count). The molecule has 0 unspecified atom stereocenters. The average molecular weight is 549 g/mol. The highest BCUT2D eigenvalue weighted by atomic mass is 19.4. The van der Waals surface area contributed by atoms with E-state index in [4.69, 9.17) is 11.0 Å². The number of hydrogen-bond donors (Lipinski definition) is 1. The largest absolute Gasteiger partial charge is 0.436 e. The first-order valence-electron chi connectivity index (χ1n) is 13.0. The first kappa shape index (κ1) is 27.1. The molecule has 8 nitrogen and oxygen atoms in total. The van der Waals surface area contributed by atoms with Gasteiger partial charge >= 0.3 is 6.18 Å². The first-order chi connectivity index (χ1) is 19.1. The van der Waals surface area contributed by atoms with Crippen LogP contribution in [0.1, 0.15) is 54.2 Å². The maximum absolute atomic E-state index is 13.0. The van der Waals surface area contributed by atoms with Gasteiger partial charge in [0, 0.05) is 37.0 Å². The molecule has 0 radical (unpaired) electrons. The van der Waals surface area contributed by atoms with E-state index >= 15 is 0 Å². The normalized spacial score (nSPS) is 14.5. The van der Waals surface area contributed by atoms with Gasteiger partial charge in [-0.05, 0) is 72.7 Å². The lowest BCUT2D eigenvalue weighted by atomic mass is 9.97. The summed E-state index contributed by atoms with van der Waals surface area (Å²) in [7, 11) is 0. The second-order valence-electron chi connectivity index (χ2n) is 10.1. The van der Waals surface area contributed by atoms with Crippen LogP contribution in [0.15, 0.2) is 53.1 Å². The lowest BCUT2D eigenvalue weighted by Crippen LogP contribution is -2.39. The van der Waals surface area contributed by atoms with Crippen LogP contribution in [0.2, 0.25) is 0 Å². The molecular weight excluding hydrogens is 521 g/mol. The molecule has 1 fully saturated rings. The molecule has 11 heteroatoms. The number of nitrogens with zero attached hydrogens (tertiary/aromatic N) is 5. The van der Waals surface area contributed by atoms with Crippen molar-refractivity contribution in [3.8, 4) is 11.5 Å². The second kappa shape index (κ2) is 11.0. The topological polar surface area (TPSA) is 88.5 Å². The van der Waals surface area contributed by atoms with Crippen LogP contribution in [-0.4, -0.2) is 40.5 Å². The molecule has 1 saturated heterocycles. The number of anilines is 1. The van der Waals surface area contributed by atoms with Crippen molar-refractivity contribution in [2.24, 2.45) is 5.92 Å². The number of aromatic nitrogens is 3. The number of alkyl halides is 3.